The quantitative estimate of drug-likeness (QED) is 0.652. The number of nitrogens with one attached hydrogen (secondary N) is 1. The molecule has 1 atom stereocenters. The van der Waals surface area contributed by atoms with Crippen LogP contribution in [-0.4, -0.2) is 18.3 Å². The Bertz CT molecular complexity index is 212. The Balaban J connectivity index is 2.76. The van der Waals surface area contributed by atoms with Crippen LogP contribution in [0.2, 0.25) is 0 Å². The fraction of sp³-hybridized carbons (Fsp3) is 0.800. The second kappa shape index (κ2) is 3.93. The lowest BCUT2D eigenvalue weighted by Crippen LogP contribution is -2.47. The van der Waals surface area contributed by atoms with Crippen molar-refractivity contribution in [1.82, 2.24) is 5.32 Å². The van der Waals surface area contributed by atoms with Gasteiger partial charge in [0, 0.05) is 11.1 Å². The monoisotopic (exact) mass is 207 g/mol. The van der Waals surface area contributed by atoms with Gasteiger partial charge in [-0.25, -0.2) is 0 Å². The van der Waals surface area contributed by atoms with Crippen LogP contribution >= 0.6 is 0 Å². The van der Waals surface area contributed by atoms with Gasteiger partial charge >= 0.3 is 6.18 Å². The van der Waals surface area contributed by atoms with E-state index in [1.807, 2.05) is 0 Å². The van der Waals surface area contributed by atoms with Gasteiger partial charge in [-0.1, -0.05) is 19.4 Å². The second-order valence-electron chi connectivity index (χ2n) is 4.05. The number of alkyl halides is 3. The predicted molar refractivity (Wildman–Crippen MR) is 50.1 cm³/mol. The van der Waals surface area contributed by atoms with Crippen LogP contribution in [0.15, 0.2) is 12.2 Å². The fourth-order valence-corrected chi connectivity index (χ4v) is 1.80. The Hall–Kier alpha value is -0.510. The van der Waals surface area contributed by atoms with Gasteiger partial charge in [0.05, 0.1) is 0 Å². The van der Waals surface area contributed by atoms with Crippen LogP contribution < -0.4 is 5.32 Å². The van der Waals surface area contributed by atoms with Crippen molar-refractivity contribution in [2.75, 3.05) is 6.54 Å². The lowest BCUT2D eigenvalue weighted by Gasteiger charge is -2.32. The number of rotatable bonds is 1. The van der Waals surface area contributed by atoms with Gasteiger partial charge in [-0.15, -0.1) is 0 Å². The van der Waals surface area contributed by atoms with Crippen LogP contribution in [-0.2, 0) is 0 Å². The second-order valence-corrected chi connectivity index (χ2v) is 4.05. The van der Waals surface area contributed by atoms with Gasteiger partial charge in [-0.3, -0.25) is 0 Å². The maximum Gasteiger partial charge on any atom is 0.413 e. The van der Waals surface area contributed by atoms with Gasteiger partial charge in [0.15, 0.2) is 0 Å². The van der Waals surface area contributed by atoms with Crippen LogP contribution in [0.4, 0.5) is 13.2 Å². The Morgan fingerprint density at radius 1 is 1.29 bits per heavy atom. The number of hydrogen-bond donors (Lipinski definition) is 1. The van der Waals surface area contributed by atoms with Crippen molar-refractivity contribution in [3.05, 3.63) is 12.2 Å². The topological polar surface area (TPSA) is 12.0 Å². The molecule has 0 radical (unpaired) electrons. The van der Waals surface area contributed by atoms with Crippen LogP contribution in [0.25, 0.3) is 0 Å². The third-order valence-electron chi connectivity index (χ3n) is 2.88. The average Bonchev–Trinajstić information content (AvgIpc) is 2.28. The van der Waals surface area contributed by atoms with E-state index < -0.39 is 17.3 Å². The number of hydrogen-bond acceptors (Lipinski definition) is 1. The van der Waals surface area contributed by atoms with E-state index in [2.05, 4.69) is 11.9 Å². The maximum atomic E-state index is 12.5. The summed E-state index contributed by atoms with van der Waals surface area (Å²) in [6.45, 7) is 5.41. The van der Waals surface area contributed by atoms with Crippen molar-refractivity contribution in [2.45, 2.75) is 44.3 Å². The summed E-state index contributed by atoms with van der Waals surface area (Å²) in [6, 6.07) is 0. The highest BCUT2D eigenvalue weighted by Crippen LogP contribution is 2.36. The molecule has 1 aliphatic rings. The van der Waals surface area contributed by atoms with Crippen molar-refractivity contribution in [3.63, 3.8) is 0 Å². The molecule has 1 N–H and O–H groups in total. The molecular weight excluding hydrogens is 191 g/mol. The molecule has 1 saturated heterocycles. The van der Waals surface area contributed by atoms with Crippen molar-refractivity contribution in [2.24, 2.45) is 0 Å². The largest absolute Gasteiger partial charge is 0.413 e. The predicted octanol–water partition coefficient (Wildman–Crippen LogP) is 3.03. The van der Waals surface area contributed by atoms with E-state index >= 15 is 0 Å². The minimum Gasteiger partial charge on any atom is -0.308 e. The molecule has 14 heavy (non-hydrogen) atoms. The highest BCUT2D eigenvalue weighted by Gasteiger charge is 2.43. The molecule has 0 bridgehead atoms. The van der Waals surface area contributed by atoms with E-state index in [1.54, 1.807) is 6.92 Å². The van der Waals surface area contributed by atoms with Gasteiger partial charge in [-0.2, -0.15) is 13.2 Å². The lowest BCUT2D eigenvalue weighted by atomic mass is 9.88. The SMILES string of the molecule is C=C(C(F)(F)F)C1(C)CCCCCN1. The Morgan fingerprint density at radius 2 is 1.93 bits per heavy atom. The van der Waals surface area contributed by atoms with Gasteiger partial charge in [0.1, 0.15) is 0 Å². The van der Waals surface area contributed by atoms with E-state index in [4.69, 9.17) is 0 Å². The molecule has 0 spiro atoms. The third kappa shape index (κ3) is 2.50. The normalized spacial score (nSPS) is 29.7. The molecule has 1 nitrogen and oxygen atoms in total. The van der Waals surface area contributed by atoms with Gasteiger partial charge < -0.3 is 5.32 Å². The van der Waals surface area contributed by atoms with Gasteiger partial charge in [-0.05, 0) is 26.3 Å². The zero-order valence-corrected chi connectivity index (χ0v) is 8.38. The zero-order chi connectivity index (χ0) is 10.8. The number of halogens is 3. The first-order valence-electron chi connectivity index (χ1n) is 4.88. The summed E-state index contributed by atoms with van der Waals surface area (Å²) < 4.78 is 37.4. The van der Waals surface area contributed by atoms with E-state index in [0.717, 1.165) is 19.3 Å². The molecule has 1 unspecified atom stereocenters. The highest BCUT2D eigenvalue weighted by atomic mass is 19.4. The van der Waals surface area contributed by atoms with Crippen LogP contribution in [0.5, 0.6) is 0 Å². The molecule has 0 amide bonds. The first-order chi connectivity index (χ1) is 6.36. The standard InChI is InChI=1S/C10H16F3N/c1-8(10(11,12)13)9(2)6-4-3-5-7-14-9/h14H,1,3-7H2,2H3. The van der Waals surface area contributed by atoms with Crippen LogP contribution in [0.1, 0.15) is 32.6 Å². The minimum absolute atomic E-state index is 0.519. The smallest absolute Gasteiger partial charge is 0.308 e. The van der Waals surface area contributed by atoms with Gasteiger partial charge in [0.2, 0.25) is 0 Å². The van der Waals surface area contributed by atoms with Crippen molar-refractivity contribution >= 4 is 0 Å². The molecule has 1 heterocycles. The van der Waals surface area contributed by atoms with Crippen LogP contribution in [0.3, 0.4) is 0 Å². The molecule has 4 heteroatoms. The summed E-state index contributed by atoms with van der Waals surface area (Å²) in [5.74, 6) is 0. The molecule has 82 valence electrons. The summed E-state index contributed by atoms with van der Waals surface area (Å²) in [7, 11) is 0. The molecule has 0 aromatic heterocycles. The Morgan fingerprint density at radius 3 is 2.50 bits per heavy atom. The van der Waals surface area contributed by atoms with Crippen molar-refractivity contribution in [3.8, 4) is 0 Å². The summed E-state index contributed by atoms with van der Waals surface area (Å²) in [5, 5.41) is 2.94. The summed E-state index contributed by atoms with van der Waals surface area (Å²) in [6.07, 6.45) is -0.996. The molecule has 0 aliphatic carbocycles. The van der Waals surface area contributed by atoms with E-state index in [1.165, 1.54) is 0 Å². The first kappa shape index (κ1) is 11.6. The summed E-state index contributed by atoms with van der Waals surface area (Å²) in [4.78, 5) is 0. The molecule has 0 saturated carbocycles. The minimum atomic E-state index is -4.29. The van der Waals surface area contributed by atoms with Crippen molar-refractivity contribution < 1.29 is 13.2 Å². The zero-order valence-electron chi connectivity index (χ0n) is 8.38. The van der Waals surface area contributed by atoms with Gasteiger partial charge in [0.25, 0.3) is 0 Å². The lowest BCUT2D eigenvalue weighted by molar-refractivity contribution is -0.102. The average molecular weight is 207 g/mol. The van der Waals surface area contributed by atoms with Crippen molar-refractivity contribution in [1.29, 1.82) is 0 Å². The molecule has 1 fully saturated rings. The maximum absolute atomic E-state index is 12.5. The molecule has 1 rings (SSSR count). The third-order valence-corrected chi connectivity index (χ3v) is 2.88. The van der Waals surface area contributed by atoms with E-state index in [-0.39, 0.29) is 0 Å². The molecule has 0 aromatic carbocycles. The highest BCUT2D eigenvalue weighted by molar-refractivity contribution is 5.20. The Kier molecular flexibility index (Phi) is 3.24. The fourth-order valence-electron chi connectivity index (χ4n) is 1.80. The summed E-state index contributed by atoms with van der Waals surface area (Å²) >= 11 is 0. The van der Waals surface area contributed by atoms with E-state index in [9.17, 15) is 13.2 Å². The van der Waals surface area contributed by atoms with E-state index in [0.29, 0.717) is 13.0 Å². The molecule has 1 aliphatic heterocycles. The summed E-state index contributed by atoms with van der Waals surface area (Å²) in [5.41, 5.74) is -1.61. The van der Waals surface area contributed by atoms with Crippen LogP contribution in [0, 0.1) is 0 Å². The Labute approximate surface area is 82.4 Å². The molecule has 0 aromatic rings. The first-order valence-corrected chi connectivity index (χ1v) is 4.88. The molecular formula is C10H16F3N.